The number of pyridine rings is 1. The van der Waals surface area contributed by atoms with Crippen LogP contribution in [0, 0.1) is 0 Å². The predicted octanol–water partition coefficient (Wildman–Crippen LogP) is 2.44. The number of fused-ring (bicyclic) bond motifs is 1. The van der Waals surface area contributed by atoms with Gasteiger partial charge < -0.3 is 20.5 Å². The molecule has 0 saturated carbocycles. The van der Waals surface area contributed by atoms with E-state index in [0.717, 1.165) is 66.4 Å². The first-order valence-corrected chi connectivity index (χ1v) is 9.80. The van der Waals surface area contributed by atoms with Crippen LogP contribution in [0.3, 0.4) is 0 Å². The van der Waals surface area contributed by atoms with E-state index < -0.39 is 0 Å². The highest BCUT2D eigenvalue weighted by atomic mass is 16.1. The molecule has 2 aliphatic heterocycles. The van der Waals surface area contributed by atoms with Crippen LogP contribution in [0.15, 0.2) is 48.7 Å². The minimum absolute atomic E-state index is 0.00162. The molecule has 0 aliphatic carbocycles. The van der Waals surface area contributed by atoms with Crippen molar-refractivity contribution in [3.05, 3.63) is 59.9 Å². The second kappa shape index (κ2) is 7.13. The van der Waals surface area contributed by atoms with E-state index in [1.807, 2.05) is 18.3 Å². The Balaban J connectivity index is 1.47. The standard InChI is InChI=1S/C22H23N5O/c28-22-18-14-21(26-19(18)5-7-25-22)16-4-6-24-20(13-16)15-2-1-3-17(12-15)27-10-8-23-9-11-27/h1-4,6,12-14,23,26H,5,7-11H2,(H,25,28). The highest BCUT2D eigenvalue weighted by Gasteiger charge is 2.20. The van der Waals surface area contributed by atoms with Crippen molar-refractivity contribution in [2.24, 2.45) is 0 Å². The van der Waals surface area contributed by atoms with Gasteiger partial charge in [-0.25, -0.2) is 0 Å². The van der Waals surface area contributed by atoms with Gasteiger partial charge in [-0.05, 0) is 30.3 Å². The van der Waals surface area contributed by atoms with Gasteiger partial charge in [0.1, 0.15) is 0 Å². The number of carbonyl (C=O) groups excluding carboxylic acids is 1. The van der Waals surface area contributed by atoms with Crippen molar-refractivity contribution in [2.45, 2.75) is 6.42 Å². The smallest absolute Gasteiger partial charge is 0.253 e. The van der Waals surface area contributed by atoms with E-state index >= 15 is 0 Å². The first-order valence-electron chi connectivity index (χ1n) is 9.80. The molecule has 3 N–H and O–H groups in total. The van der Waals surface area contributed by atoms with Gasteiger partial charge >= 0.3 is 0 Å². The van der Waals surface area contributed by atoms with Gasteiger partial charge in [-0.1, -0.05) is 12.1 Å². The summed E-state index contributed by atoms with van der Waals surface area (Å²) in [7, 11) is 0. The van der Waals surface area contributed by atoms with Crippen LogP contribution in [-0.2, 0) is 6.42 Å². The van der Waals surface area contributed by atoms with Gasteiger partial charge in [-0.3, -0.25) is 9.78 Å². The summed E-state index contributed by atoms with van der Waals surface area (Å²) in [5, 5.41) is 6.29. The average Bonchev–Trinajstić information content (AvgIpc) is 3.21. The Kier molecular flexibility index (Phi) is 4.33. The molecule has 5 rings (SSSR count). The molecular weight excluding hydrogens is 350 g/mol. The van der Waals surface area contributed by atoms with Crippen LogP contribution in [0.4, 0.5) is 5.69 Å². The van der Waals surface area contributed by atoms with Crippen LogP contribution in [0.5, 0.6) is 0 Å². The normalized spacial score (nSPS) is 16.6. The Morgan fingerprint density at radius 1 is 0.964 bits per heavy atom. The molecule has 0 atom stereocenters. The first kappa shape index (κ1) is 17.0. The molecular formula is C22H23N5O. The summed E-state index contributed by atoms with van der Waals surface area (Å²) in [5.41, 5.74) is 7.04. The van der Waals surface area contributed by atoms with Crippen LogP contribution in [0.2, 0.25) is 0 Å². The van der Waals surface area contributed by atoms with Gasteiger partial charge in [-0.15, -0.1) is 0 Å². The lowest BCUT2D eigenvalue weighted by Gasteiger charge is -2.29. The maximum absolute atomic E-state index is 12.1. The van der Waals surface area contributed by atoms with Gasteiger partial charge in [0.25, 0.3) is 5.91 Å². The third-order valence-corrected chi connectivity index (χ3v) is 5.50. The summed E-state index contributed by atoms with van der Waals surface area (Å²) in [6.07, 6.45) is 2.67. The number of hydrogen-bond donors (Lipinski definition) is 3. The molecule has 6 nitrogen and oxygen atoms in total. The van der Waals surface area contributed by atoms with Crippen LogP contribution in [-0.4, -0.2) is 48.6 Å². The minimum Gasteiger partial charge on any atom is -0.369 e. The van der Waals surface area contributed by atoms with E-state index in [0.29, 0.717) is 6.54 Å². The molecule has 2 aliphatic rings. The summed E-state index contributed by atoms with van der Waals surface area (Å²) in [6.45, 7) is 4.76. The number of aromatic nitrogens is 2. The minimum atomic E-state index is 0.00162. The van der Waals surface area contributed by atoms with Crippen molar-refractivity contribution in [1.29, 1.82) is 0 Å². The number of nitrogens with zero attached hydrogens (tertiary/aromatic N) is 2. The fraction of sp³-hybridized carbons (Fsp3) is 0.273. The number of H-pyrrole nitrogens is 1. The zero-order valence-electron chi connectivity index (χ0n) is 15.7. The fourth-order valence-electron chi connectivity index (χ4n) is 3.99. The summed E-state index contributed by atoms with van der Waals surface area (Å²) in [6, 6.07) is 14.6. The van der Waals surface area contributed by atoms with E-state index in [1.165, 1.54) is 5.69 Å². The molecule has 6 heteroatoms. The summed E-state index contributed by atoms with van der Waals surface area (Å²) in [4.78, 5) is 22.5. The van der Waals surface area contributed by atoms with E-state index in [-0.39, 0.29) is 5.91 Å². The molecule has 1 aromatic carbocycles. The third kappa shape index (κ3) is 3.16. The van der Waals surface area contributed by atoms with Crippen molar-refractivity contribution in [2.75, 3.05) is 37.6 Å². The molecule has 1 saturated heterocycles. The summed E-state index contributed by atoms with van der Waals surface area (Å²) < 4.78 is 0. The van der Waals surface area contributed by atoms with Gasteiger partial charge in [-0.2, -0.15) is 0 Å². The maximum Gasteiger partial charge on any atom is 0.253 e. The van der Waals surface area contributed by atoms with Crippen LogP contribution in [0.25, 0.3) is 22.5 Å². The molecule has 1 fully saturated rings. The van der Waals surface area contributed by atoms with Crippen molar-refractivity contribution in [3.8, 4) is 22.5 Å². The van der Waals surface area contributed by atoms with Gasteiger partial charge in [0.15, 0.2) is 0 Å². The van der Waals surface area contributed by atoms with Crippen molar-refractivity contribution >= 4 is 11.6 Å². The molecule has 1 amide bonds. The fourth-order valence-corrected chi connectivity index (χ4v) is 3.99. The van der Waals surface area contributed by atoms with Crippen LogP contribution in [0.1, 0.15) is 16.1 Å². The topological polar surface area (TPSA) is 73.0 Å². The van der Waals surface area contributed by atoms with E-state index in [1.54, 1.807) is 0 Å². The second-order valence-corrected chi connectivity index (χ2v) is 7.30. The monoisotopic (exact) mass is 373 g/mol. The Morgan fingerprint density at radius 2 is 1.86 bits per heavy atom. The molecule has 142 valence electrons. The number of piperazine rings is 1. The van der Waals surface area contributed by atoms with Crippen molar-refractivity contribution < 1.29 is 4.79 Å². The SMILES string of the molecule is O=C1NCCc2[nH]c(-c3ccnc(-c4cccc(N5CCNCC5)c4)c3)cc21. The summed E-state index contributed by atoms with van der Waals surface area (Å²) >= 11 is 0. The van der Waals surface area contributed by atoms with Gasteiger partial charge in [0.2, 0.25) is 0 Å². The lowest BCUT2D eigenvalue weighted by Crippen LogP contribution is -2.43. The van der Waals surface area contributed by atoms with E-state index in [4.69, 9.17) is 0 Å². The van der Waals surface area contributed by atoms with E-state index in [2.05, 4.69) is 55.8 Å². The van der Waals surface area contributed by atoms with Gasteiger partial charge in [0, 0.05) is 73.5 Å². The quantitative estimate of drug-likeness (QED) is 0.659. The van der Waals surface area contributed by atoms with Crippen LogP contribution < -0.4 is 15.5 Å². The molecule has 2 aromatic heterocycles. The molecule has 0 bridgehead atoms. The number of benzene rings is 1. The predicted molar refractivity (Wildman–Crippen MR) is 111 cm³/mol. The van der Waals surface area contributed by atoms with E-state index in [9.17, 15) is 4.79 Å². The average molecular weight is 373 g/mol. The lowest BCUT2D eigenvalue weighted by atomic mass is 10.1. The number of amides is 1. The molecule has 3 aromatic rings. The Morgan fingerprint density at radius 3 is 2.71 bits per heavy atom. The lowest BCUT2D eigenvalue weighted by molar-refractivity contribution is 0.0946. The number of nitrogens with one attached hydrogen (secondary N) is 3. The molecule has 4 heterocycles. The zero-order valence-corrected chi connectivity index (χ0v) is 15.7. The summed E-state index contributed by atoms with van der Waals surface area (Å²) in [5.74, 6) is 0.00162. The molecule has 0 unspecified atom stereocenters. The number of rotatable bonds is 3. The highest BCUT2D eigenvalue weighted by Crippen LogP contribution is 2.29. The Hall–Kier alpha value is -3.12. The van der Waals surface area contributed by atoms with Crippen molar-refractivity contribution in [1.82, 2.24) is 20.6 Å². The zero-order chi connectivity index (χ0) is 18.9. The van der Waals surface area contributed by atoms with Gasteiger partial charge in [0.05, 0.1) is 11.3 Å². The number of hydrogen-bond acceptors (Lipinski definition) is 4. The molecule has 0 spiro atoms. The second-order valence-electron chi connectivity index (χ2n) is 7.30. The van der Waals surface area contributed by atoms with Crippen molar-refractivity contribution in [3.63, 3.8) is 0 Å². The third-order valence-electron chi connectivity index (χ3n) is 5.50. The Labute approximate surface area is 164 Å². The maximum atomic E-state index is 12.1. The molecule has 0 radical (unpaired) electrons. The Bertz CT molecular complexity index is 1020. The largest absolute Gasteiger partial charge is 0.369 e. The number of aromatic amines is 1. The first-order chi connectivity index (χ1) is 13.8. The highest BCUT2D eigenvalue weighted by molar-refractivity contribution is 5.97. The number of carbonyl (C=O) groups is 1. The molecule has 28 heavy (non-hydrogen) atoms. The number of anilines is 1. The van der Waals surface area contributed by atoms with Crippen LogP contribution >= 0.6 is 0 Å².